The molecule has 0 aromatic heterocycles. The van der Waals surface area contributed by atoms with Crippen LogP contribution in [-0.4, -0.2) is 23.8 Å². The van der Waals surface area contributed by atoms with Crippen molar-refractivity contribution < 1.29 is 41.7 Å². The number of esters is 1. The third kappa shape index (κ3) is 4.40. The first kappa shape index (κ1) is 19.4. The van der Waals surface area contributed by atoms with E-state index in [0.29, 0.717) is 5.56 Å². The van der Waals surface area contributed by atoms with Gasteiger partial charge in [0.2, 0.25) is 0 Å². The van der Waals surface area contributed by atoms with Crippen LogP contribution in [0, 0.1) is 0 Å². The molecule has 0 saturated heterocycles. The third-order valence-electron chi connectivity index (χ3n) is 3.29. The van der Waals surface area contributed by atoms with Crippen molar-refractivity contribution >= 4 is 28.8 Å². The Labute approximate surface area is 143 Å². The molecule has 0 aliphatic heterocycles. The summed E-state index contributed by atoms with van der Waals surface area (Å²) in [5.41, 5.74) is 0.717. The van der Waals surface area contributed by atoms with Gasteiger partial charge >= 0.3 is 17.1 Å². The molecule has 0 spiro atoms. The molecule has 5 nitrogen and oxygen atoms in total. The van der Waals surface area contributed by atoms with Crippen LogP contribution in [0.1, 0.15) is 5.56 Å². The summed E-state index contributed by atoms with van der Waals surface area (Å²) in [6, 6.07) is 12.6. The molecule has 0 bridgehead atoms. The number of ether oxygens (including phenoxy) is 1. The Kier molecular flexibility index (Phi) is 6.22. The number of benzene rings is 2. The predicted molar refractivity (Wildman–Crippen MR) is 78.3 cm³/mol. The number of carbonyl (C=O) groups excluding carboxylic acids is 1. The molecule has 0 fully saturated rings. The molecule has 0 amide bonds. The summed E-state index contributed by atoms with van der Waals surface area (Å²) in [6.07, 6.45) is -5.59. The van der Waals surface area contributed by atoms with Crippen molar-refractivity contribution in [1.82, 2.24) is 0 Å². The minimum Gasteiger partial charge on any atom is -0.691 e. The molecule has 0 heterocycles. The second-order valence-electron chi connectivity index (χ2n) is 4.84. The zero-order valence-corrected chi connectivity index (χ0v) is 13.2. The highest BCUT2D eigenvalue weighted by Gasteiger charge is 2.65. The van der Waals surface area contributed by atoms with Crippen LogP contribution in [0.15, 0.2) is 42.5 Å². The fourth-order valence-electron chi connectivity index (χ4n) is 2.11. The van der Waals surface area contributed by atoms with Crippen molar-refractivity contribution in [2.24, 2.45) is 0 Å². The fourth-order valence-corrected chi connectivity index (χ4v) is 2.46. The zero-order valence-electron chi connectivity index (χ0n) is 12.4. The summed E-state index contributed by atoms with van der Waals surface area (Å²) in [7, 11) is 0. The summed E-state index contributed by atoms with van der Waals surface area (Å²) < 4.78 is 59.7. The molecule has 136 valence electrons. The van der Waals surface area contributed by atoms with Gasteiger partial charge in [-0.3, -0.25) is 5.04 Å². The fraction of sp³-hybridized carbons (Fsp3) is 0.267. The quantitative estimate of drug-likeness (QED) is 0.242. The van der Waals surface area contributed by atoms with Gasteiger partial charge in [-0.25, -0.2) is 9.18 Å². The summed E-state index contributed by atoms with van der Waals surface area (Å²) in [6.45, 7) is -0.493. The standard InChI is InChI=1S/C15H12F4O5S/c16-14(15(17,18)19,25-24-23-21)13(20)22-9-8-11-6-3-5-10-4-1-2-7-12(10)11/h1-7,21H,8-9H2/p-1. The average Bonchev–Trinajstić information content (AvgIpc) is 2.58. The van der Waals surface area contributed by atoms with Crippen molar-refractivity contribution in [2.45, 2.75) is 17.6 Å². The van der Waals surface area contributed by atoms with Crippen LogP contribution in [0.2, 0.25) is 0 Å². The Hall–Kier alpha value is -1.88. The van der Waals surface area contributed by atoms with E-state index in [1.807, 2.05) is 18.2 Å². The highest BCUT2D eigenvalue weighted by Crippen LogP contribution is 2.44. The molecule has 1 atom stereocenters. The monoisotopic (exact) mass is 379 g/mol. The van der Waals surface area contributed by atoms with E-state index < -0.39 is 35.8 Å². The van der Waals surface area contributed by atoms with Gasteiger partial charge in [-0.2, -0.15) is 17.5 Å². The Balaban J connectivity index is 2.05. The molecule has 2 aromatic carbocycles. The van der Waals surface area contributed by atoms with Gasteiger partial charge in [-0.05, 0) is 16.3 Å². The molecule has 0 radical (unpaired) electrons. The van der Waals surface area contributed by atoms with Gasteiger partial charge in [0, 0.05) is 6.42 Å². The molecule has 2 aromatic rings. The van der Waals surface area contributed by atoms with Crippen LogP contribution in [0.5, 0.6) is 0 Å². The van der Waals surface area contributed by atoms with E-state index in [1.165, 1.54) is 0 Å². The van der Waals surface area contributed by atoms with E-state index in [0.717, 1.165) is 10.8 Å². The van der Waals surface area contributed by atoms with E-state index >= 15 is 0 Å². The number of rotatable bonds is 7. The van der Waals surface area contributed by atoms with Crippen molar-refractivity contribution in [3.63, 3.8) is 0 Å². The van der Waals surface area contributed by atoms with Crippen molar-refractivity contribution in [1.29, 1.82) is 0 Å². The van der Waals surface area contributed by atoms with Crippen molar-refractivity contribution in [2.75, 3.05) is 6.61 Å². The Morgan fingerprint density at radius 1 is 1.08 bits per heavy atom. The minimum absolute atomic E-state index is 0.0740. The molecular formula is C15H11F4O5S-. The van der Waals surface area contributed by atoms with E-state index in [2.05, 4.69) is 14.1 Å². The molecule has 2 rings (SSSR count). The first-order chi connectivity index (χ1) is 11.8. The van der Waals surface area contributed by atoms with Gasteiger partial charge in [0.25, 0.3) is 0 Å². The van der Waals surface area contributed by atoms with Gasteiger partial charge in [0.15, 0.2) is 0 Å². The van der Waals surface area contributed by atoms with Gasteiger partial charge in [-0.1, -0.05) is 42.5 Å². The van der Waals surface area contributed by atoms with E-state index in [1.54, 1.807) is 24.3 Å². The molecule has 1 unspecified atom stereocenters. The van der Waals surface area contributed by atoms with Crippen molar-refractivity contribution in [3.8, 4) is 0 Å². The minimum atomic E-state index is -5.66. The lowest BCUT2D eigenvalue weighted by molar-refractivity contribution is -0.777. The number of fused-ring (bicyclic) bond motifs is 1. The maximum absolute atomic E-state index is 13.9. The van der Waals surface area contributed by atoms with Crippen LogP contribution < -0.4 is 5.26 Å². The second kappa shape index (κ2) is 8.00. The number of carbonyl (C=O) groups is 1. The lowest BCUT2D eigenvalue weighted by Gasteiger charge is -2.24. The lowest BCUT2D eigenvalue weighted by Crippen LogP contribution is -2.46. The maximum atomic E-state index is 13.9. The SMILES string of the molecule is O=C(OCCc1cccc2ccccc12)C(F)(SOO[O-])C(F)(F)F. The third-order valence-corrected chi connectivity index (χ3v) is 4.04. The molecule has 0 aliphatic carbocycles. The molecule has 0 aliphatic rings. The van der Waals surface area contributed by atoms with Crippen LogP contribution in [-0.2, 0) is 25.3 Å². The summed E-state index contributed by atoms with van der Waals surface area (Å²) in [5, 5.41) is 9.45. The van der Waals surface area contributed by atoms with Gasteiger partial charge < -0.3 is 9.99 Å². The smallest absolute Gasteiger partial charge is 0.446 e. The second-order valence-corrected chi connectivity index (χ2v) is 5.70. The topological polar surface area (TPSA) is 67.8 Å². The normalized spacial score (nSPS) is 14.3. The number of hydrogen-bond donors (Lipinski definition) is 0. The Morgan fingerprint density at radius 3 is 2.44 bits per heavy atom. The lowest BCUT2D eigenvalue weighted by atomic mass is 10.0. The number of halogens is 4. The first-order valence-electron chi connectivity index (χ1n) is 6.83. The predicted octanol–water partition coefficient (Wildman–Crippen LogP) is 3.03. The molecule has 25 heavy (non-hydrogen) atoms. The van der Waals surface area contributed by atoms with E-state index in [9.17, 15) is 27.6 Å². The van der Waals surface area contributed by atoms with Crippen LogP contribution in [0.25, 0.3) is 10.8 Å². The molecular weight excluding hydrogens is 368 g/mol. The molecule has 0 saturated carbocycles. The zero-order chi connectivity index (χ0) is 18.5. The summed E-state index contributed by atoms with van der Waals surface area (Å²) >= 11 is -1.11. The van der Waals surface area contributed by atoms with E-state index in [-0.39, 0.29) is 6.42 Å². The number of hydrogen-bond acceptors (Lipinski definition) is 6. The maximum Gasteiger partial charge on any atom is 0.446 e. The number of alkyl halides is 4. The Bertz CT molecular complexity index is 734. The van der Waals surface area contributed by atoms with Gasteiger partial charge in [0.1, 0.15) is 0 Å². The average molecular weight is 379 g/mol. The Morgan fingerprint density at radius 2 is 1.76 bits per heavy atom. The van der Waals surface area contributed by atoms with E-state index in [4.69, 9.17) is 0 Å². The largest absolute Gasteiger partial charge is 0.691 e. The van der Waals surface area contributed by atoms with Crippen LogP contribution >= 0.6 is 12.0 Å². The summed E-state index contributed by atoms with van der Waals surface area (Å²) in [4.78, 5) is 11.5. The molecule has 0 N–H and O–H groups in total. The molecule has 10 heteroatoms. The summed E-state index contributed by atoms with van der Waals surface area (Å²) in [5.74, 6) is -2.23. The highest BCUT2D eigenvalue weighted by molar-refractivity contribution is 7.96. The highest BCUT2D eigenvalue weighted by atomic mass is 32.2. The van der Waals surface area contributed by atoms with Crippen molar-refractivity contribution in [3.05, 3.63) is 48.0 Å². The van der Waals surface area contributed by atoms with Gasteiger partial charge in [-0.15, -0.1) is 0 Å². The van der Waals surface area contributed by atoms with Crippen LogP contribution in [0.4, 0.5) is 17.6 Å². The first-order valence-corrected chi connectivity index (χ1v) is 7.57. The van der Waals surface area contributed by atoms with Gasteiger partial charge in [0.05, 0.1) is 18.6 Å². The van der Waals surface area contributed by atoms with Crippen LogP contribution in [0.3, 0.4) is 0 Å².